The van der Waals surface area contributed by atoms with Gasteiger partial charge in [-0.15, -0.1) is 0 Å². The van der Waals surface area contributed by atoms with Crippen molar-refractivity contribution in [2.45, 2.75) is 57.7 Å². The summed E-state index contributed by atoms with van der Waals surface area (Å²) in [7, 11) is 0. The maximum atomic E-state index is 9.57. The summed E-state index contributed by atoms with van der Waals surface area (Å²) in [5.41, 5.74) is 7.19. The van der Waals surface area contributed by atoms with Crippen LogP contribution in [-0.2, 0) is 6.54 Å². The molecule has 1 aromatic rings. The average molecular weight is 262 g/mol. The van der Waals surface area contributed by atoms with Crippen molar-refractivity contribution in [2.24, 2.45) is 5.73 Å². The zero-order chi connectivity index (χ0) is 13.7. The molecule has 0 aliphatic heterocycles. The van der Waals surface area contributed by atoms with Crippen molar-refractivity contribution in [3.05, 3.63) is 29.8 Å². The fourth-order valence-corrected chi connectivity index (χ4v) is 3.03. The SMILES string of the molecule is CCCN(Cc1cccc(O)c1)C1CCC(N)CC1. The molecule has 0 amide bonds. The summed E-state index contributed by atoms with van der Waals surface area (Å²) in [5.74, 6) is 0.361. The molecule has 2 rings (SSSR count). The Morgan fingerprint density at radius 1 is 1.26 bits per heavy atom. The van der Waals surface area contributed by atoms with Crippen LogP contribution in [0.1, 0.15) is 44.6 Å². The Morgan fingerprint density at radius 3 is 2.63 bits per heavy atom. The van der Waals surface area contributed by atoms with Crippen LogP contribution in [0.2, 0.25) is 0 Å². The molecule has 3 nitrogen and oxygen atoms in total. The summed E-state index contributed by atoms with van der Waals surface area (Å²) in [6, 6.07) is 8.68. The lowest BCUT2D eigenvalue weighted by Gasteiger charge is -2.36. The zero-order valence-electron chi connectivity index (χ0n) is 11.9. The molecule has 0 spiro atoms. The minimum Gasteiger partial charge on any atom is -0.508 e. The molecular weight excluding hydrogens is 236 g/mol. The van der Waals surface area contributed by atoms with Crippen molar-refractivity contribution in [2.75, 3.05) is 6.54 Å². The topological polar surface area (TPSA) is 49.5 Å². The van der Waals surface area contributed by atoms with Crippen LogP contribution >= 0.6 is 0 Å². The van der Waals surface area contributed by atoms with Gasteiger partial charge in [-0.2, -0.15) is 0 Å². The number of hydrogen-bond donors (Lipinski definition) is 2. The van der Waals surface area contributed by atoms with E-state index in [1.165, 1.54) is 24.8 Å². The van der Waals surface area contributed by atoms with E-state index >= 15 is 0 Å². The molecule has 1 aliphatic rings. The third-order valence-corrected chi connectivity index (χ3v) is 4.06. The van der Waals surface area contributed by atoms with Gasteiger partial charge in [0.2, 0.25) is 0 Å². The Hall–Kier alpha value is -1.06. The molecule has 0 aromatic heterocycles. The molecule has 0 atom stereocenters. The highest BCUT2D eigenvalue weighted by Gasteiger charge is 2.23. The Bertz CT molecular complexity index is 386. The summed E-state index contributed by atoms with van der Waals surface area (Å²) in [6.45, 7) is 4.28. The lowest BCUT2D eigenvalue weighted by atomic mass is 9.90. The number of hydrogen-bond acceptors (Lipinski definition) is 3. The first-order valence-electron chi connectivity index (χ1n) is 7.46. The highest BCUT2D eigenvalue weighted by molar-refractivity contribution is 5.27. The van der Waals surface area contributed by atoms with Crippen LogP contribution in [0.25, 0.3) is 0 Å². The van der Waals surface area contributed by atoms with Gasteiger partial charge in [0.1, 0.15) is 5.75 Å². The Balaban J connectivity index is 1.99. The second-order valence-corrected chi connectivity index (χ2v) is 5.71. The van der Waals surface area contributed by atoms with Gasteiger partial charge in [0.15, 0.2) is 0 Å². The molecule has 0 radical (unpaired) electrons. The smallest absolute Gasteiger partial charge is 0.115 e. The molecule has 19 heavy (non-hydrogen) atoms. The van der Waals surface area contributed by atoms with Gasteiger partial charge in [-0.3, -0.25) is 4.90 Å². The van der Waals surface area contributed by atoms with Crippen LogP contribution < -0.4 is 5.73 Å². The van der Waals surface area contributed by atoms with E-state index in [9.17, 15) is 5.11 Å². The van der Waals surface area contributed by atoms with Crippen molar-refractivity contribution in [3.8, 4) is 5.75 Å². The van der Waals surface area contributed by atoms with E-state index in [2.05, 4.69) is 17.9 Å². The maximum absolute atomic E-state index is 9.57. The summed E-state index contributed by atoms with van der Waals surface area (Å²) >= 11 is 0. The Kier molecular flexibility index (Phi) is 5.23. The number of phenolic OH excluding ortho intramolecular Hbond substituents is 1. The van der Waals surface area contributed by atoms with Gasteiger partial charge in [0.25, 0.3) is 0 Å². The predicted molar refractivity (Wildman–Crippen MR) is 79.0 cm³/mol. The van der Waals surface area contributed by atoms with E-state index in [4.69, 9.17) is 5.73 Å². The van der Waals surface area contributed by atoms with Crippen molar-refractivity contribution in [3.63, 3.8) is 0 Å². The number of nitrogens with two attached hydrogens (primary N) is 1. The van der Waals surface area contributed by atoms with E-state index < -0.39 is 0 Å². The maximum Gasteiger partial charge on any atom is 0.115 e. The molecule has 0 bridgehead atoms. The second-order valence-electron chi connectivity index (χ2n) is 5.71. The van der Waals surface area contributed by atoms with Crippen molar-refractivity contribution < 1.29 is 5.11 Å². The largest absolute Gasteiger partial charge is 0.508 e. The quantitative estimate of drug-likeness (QED) is 0.858. The first-order chi connectivity index (χ1) is 9.19. The van der Waals surface area contributed by atoms with Gasteiger partial charge < -0.3 is 10.8 Å². The molecular formula is C16H26N2O. The van der Waals surface area contributed by atoms with Crippen LogP contribution in [0.3, 0.4) is 0 Å². The van der Waals surface area contributed by atoms with Crippen LogP contribution in [0.15, 0.2) is 24.3 Å². The third-order valence-electron chi connectivity index (χ3n) is 4.06. The van der Waals surface area contributed by atoms with E-state index in [-0.39, 0.29) is 0 Å². The summed E-state index contributed by atoms with van der Waals surface area (Å²) in [5, 5.41) is 9.57. The van der Waals surface area contributed by atoms with Crippen LogP contribution in [0, 0.1) is 0 Å². The molecule has 3 N–H and O–H groups in total. The highest BCUT2D eigenvalue weighted by Crippen LogP contribution is 2.24. The summed E-state index contributed by atoms with van der Waals surface area (Å²) < 4.78 is 0. The first kappa shape index (κ1) is 14.4. The van der Waals surface area contributed by atoms with Gasteiger partial charge in [-0.05, 0) is 56.3 Å². The van der Waals surface area contributed by atoms with Gasteiger partial charge >= 0.3 is 0 Å². The monoisotopic (exact) mass is 262 g/mol. The van der Waals surface area contributed by atoms with Crippen molar-refractivity contribution in [1.82, 2.24) is 4.90 Å². The molecule has 0 heterocycles. The number of rotatable bonds is 5. The van der Waals surface area contributed by atoms with Crippen LogP contribution in [0.5, 0.6) is 5.75 Å². The molecule has 1 saturated carbocycles. The fraction of sp³-hybridized carbons (Fsp3) is 0.625. The first-order valence-corrected chi connectivity index (χ1v) is 7.46. The summed E-state index contributed by atoms with van der Waals surface area (Å²) in [4.78, 5) is 2.56. The third kappa shape index (κ3) is 4.22. The lowest BCUT2D eigenvalue weighted by Crippen LogP contribution is -2.40. The molecule has 0 unspecified atom stereocenters. The molecule has 1 aromatic carbocycles. The Labute approximate surface area is 116 Å². The normalized spacial score (nSPS) is 23.7. The minimum absolute atomic E-state index is 0.361. The van der Waals surface area contributed by atoms with E-state index in [1.54, 1.807) is 6.07 Å². The zero-order valence-corrected chi connectivity index (χ0v) is 11.9. The summed E-state index contributed by atoms with van der Waals surface area (Å²) in [6.07, 6.45) is 5.87. The number of nitrogens with zero attached hydrogens (tertiary/aromatic N) is 1. The van der Waals surface area contributed by atoms with Crippen molar-refractivity contribution >= 4 is 0 Å². The van der Waals surface area contributed by atoms with Gasteiger partial charge in [0.05, 0.1) is 0 Å². The molecule has 1 aliphatic carbocycles. The van der Waals surface area contributed by atoms with Crippen LogP contribution in [-0.4, -0.2) is 28.6 Å². The fourth-order valence-electron chi connectivity index (χ4n) is 3.03. The van der Waals surface area contributed by atoms with Gasteiger partial charge in [-0.25, -0.2) is 0 Å². The van der Waals surface area contributed by atoms with Gasteiger partial charge in [0, 0.05) is 18.6 Å². The molecule has 1 fully saturated rings. The molecule has 106 valence electrons. The molecule has 0 saturated heterocycles. The van der Waals surface area contributed by atoms with Crippen LogP contribution in [0.4, 0.5) is 0 Å². The number of benzene rings is 1. The number of aromatic hydroxyl groups is 1. The second kappa shape index (κ2) is 6.92. The highest BCUT2D eigenvalue weighted by atomic mass is 16.3. The molecule has 3 heteroatoms. The Morgan fingerprint density at radius 2 is 2.00 bits per heavy atom. The minimum atomic E-state index is 0.361. The van der Waals surface area contributed by atoms with Crippen molar-refractivity contribution in [1.29, 1.82) is 0 Å². The van der Waals surface area contributed by atoms with Gasteiger partial charge in [-0.1, -0.05) is 19.1 Å². The number of phenols is 1. The van der Waals surface area contributed by atoms with E-state index in [0.717, 1.165) is 25.9 Å². The standard InChI is InChI=1S/C16H26N2O/c1-2-10-18(15-8-6-14(17)7-9-15)12-13-4-3-5-16(19)11-13/h3-5,11,14-15,19H,2,6-10,12,17H2,1H3. The van der Waals surface area contributed by atoms with E-state index in [0.29, 0.717) is 17.8 Å². The predicted octanol–water partition coefficient (Wildman–Crippen LogP) is 2.87. The average Bonchev–Trinajstić information content (AvgIpc) is 2.39. The lowest BCUT2D eigenvalue weighted by molar-refractivity contribution is 0.142. The van der Waals surface area contributed by atoms with E-state index in [1.807, 2.05) is 12.1 Å².